The zero-order valence-electron chi connectivity index (χ0n) is 11.7. The summed E-state index contributed by atoms with van der Waals surface area (Å²) < 4.78 is 12.4. The van der Waals surface area contributed by atoms with Crippen molar-refractivity contribution < 1.29 is 14.3 Å². The highest BCUT2D eigenvalue weighted by molar-refractivity contribution is 14.1. The van der Waals surface area contributed by atoms with Gasteiger partial charge in [0.1, 0.15) is 0 Å². The van der Waals surface area contributed by atoms with Gasteiger partial charge in [0, 0.05) is 16.7 Å². The number of carbonyl (C=O) groups excluding carboxylic acids is 1. The topological polar surface area (TPSA) is 38.8 Å². The molecule has 0 atom stereocenters. The predicted octanol–water partition coefficient (Wildman–Crippen LogP) is 2.52. The van der Waals surface area contributed by atoms with Crippen LogP contribution in [-0.4, -0.2) is 42.9 Å². The van der Waals surface area contributed by atoms with Gasteiger partial charge < -0.3 is 14.4 Å². The number of ether oxygens (including phenoxy) is 2. The van der Waals surface area contributed by atoms with Gasteiger partial charge in [-0.2, -0.15) is 0 Å². The van der Waals surface area contributed by atoms with Crippen LogP contribution in [0.5, 0.6) is 0 Å². The highest BCUT2D eigenvalue weighted by Gasteiger charge is 2.50. The lowest BCUT2D eigenvalue weighted by Gasteiger charge is -2.54. The fourth-order valence-corrected chi connectivity index (χ4v) is 3.25. The third-order valence-corrected chi connectivity index (χ3v) is 4.84. The van der Waals surface area contributed by atoms with E-state index in [4.69, 9.17) is 9.47 Å². The van der Waals surface area contributed by atoms with Crippen molar-refractivity contribution in [2.45, 2.75) is 19.6 Å². The maximum atomic E-state index is 12.4. The standard InChI is InChI=1S/C15H18INO3/c1-14(2)19-9-15(10-20-14)7-17(8-15)13(18)11-5-3-4-6-12(11)16/h3-6H,7-10H2,1-2H3. The molecular weight excluding hydrogens is 369 g/mol. The fraction of sp³-hybridized carbons (Fsp3) is 0.533. The average molecular weight is 387 g/mol. The third kappa shape index (κ3) is 2.58. The van der Waals surface area contributed by atoms with E-state index >= 15 is 0 Å². The van der Waals surface area contributed by atoms with Crippen LogP contribution in [0.1, 0.15) is 24.2 Å². The molecule has 0 saturated carbocycles. The number of hydrogen-bond donors (Lipinski definition) is 0. The summed E-state index contributed by atoms with van der Waals surface area (Å²) in [5, 5.41) is 0. The molecule has 0 aliphatic carbocycles. The zero-order valence-corrected chi connectivity index (χ0v) is 13.8. The summed E-state index contributed by atoms with van der Waals surface area (Å²) in [5.41, 5.74) is 0.770. The van der Waals surface area contributed by atoms with E-state index in [0.29, 0.717) is 26.3 Å². The number of benzene rings is 1. The third-order valence-electron chi connectivity index (χ3n) is 3.90. The number of amides is 1. The van der Waals surface area contributed by atoms with Crippen LogP contribution in [0.3, 0.4) is 0 Å². The molecule has 5 heteroatoms. The number of rotatable bonds is 1. The molecule has 2 heterocycles. The molecule has 0 aromatic heterocycles. The van der Waals surface area contributed by atoms with Gasteiger partial charge in [0.25, 0.3) is 5.91 Å². The van der Waals surface area contributed by atoms with Crippen molar-refractivity contribution in [2.75, 3.05) is 26.3 Å². The number of halogens is 1. The van der Waals surface area contributed by atoms with Crippen LogP contribution in [0.15, 0.2) is 24.3 Å². The van der Waals surface area contributed by atoms with E-state index in [-0.39, 0.29) is 11.3 Å². The molecule has 2 fully saturated rings. The first-order valence-corrected chi connectivity index (χ1v) is 7.81. The molecule has 1 aromatic rings. The molecule has 2 aliphatic rings. The van der Waals surface area contributed by atoms with Gasteiger partial charge in [-0.1, -0.05) is 12.1 Å². The van der Waals surface area contributed by atoms with E-state index in [1.54, 1.807) is 0 Å². The Morgan fingerprint density at radius 3 is 2.40 bits per heavy atom. The lowest BCUT2D eigenvalue weighted by molar-refractivity contribution is -0.301. The quantitative estimate of drug-likeness (QED) is 0.696. The smallest absolute Gasteiger partial charge is 0.254 e. The van der Waals surface area contributed by atoms with Crippen molar-refractivity contribution in [3.63, 3.8) is 0 Å². The number of nitrogens with zero attached hydrogens (tertiary/aromatic N) is 1. The van der Waals surface area contributed by atoms with Crippen molar-refractivity contribution in [2.24, 2.45) is 5.41 Å². The molecular formula is C15H18INO3. The second-order valence-corrected chi connectivity index (χ2v) is 7.28. The first kappa shape index (κ1) is 14.3. The Morgan fingerprint density at radius 2 is 1.80 bits per heavy atom. The maximum Gasteiger partial charge on any atom is 0.254 e. The Labute approximate surface area is 132 Å². The molecule has 0 radical (unpaired) electrons. The van der Waals surface area contributed by atoms with E-state index in [0.717, 1.165) is 9.13 Å². The second kappa shape index (κ2) is 4.96. The van der Waals surface area contributed by atoms with E-state index in [2.05, 4.69) is 22.6 Å². The Kier molecular flexibility index (Phi) is 3.54. The molecule has 0 N–H and O–H groups in total. The van der Waals surface area contributed by atoms with Crippen molar-refractivity contribution in [1.82, 2.24) is 4.90 Å². The van der Waals surface area contributed by atoms with Crippen LogP contribution in [0.25, 0.3) is 0 Å². The molecule has 0 bridgehead atoms. The second-order valence-electron chi connectivity index (χ2n) is 6.12. The van der Waals surface area contributed by atoms with Gasteiger partial charge in [0.05, 0.1) is 24.2 Å². The van der Waals surface area contributed by atoms with Crippen LogP contribution < -0.4 is 0 Å². The van der Waals surface area contributed by atoms with Crippen LogP contribution in [0.2, 0.25) is 0 Å². The van der Waals surface area contributed by atoms with Gasteiger partial charge in [0.15, 0.2) is 5.79 Å². The van der Waals surface area contributed by atoms with Crippen molar-refractivity contribution in [3.05, 3.63) is 33.4 Å². The van der Waals surface area contributed by atoms with E-state index < -0.39 is 5.79 Å². The van der Waals surface area contributed by atoms with Gasteiger partial charge in [-0.15, -0.1) is 0 Å². The molecule has 1 amide bonds. The molecule has 2 aliphatic heterocycles. The fourth-order valence-electron chi connectivity index (χ4n) is 2.63. The Morgan fingerprint density at radius 1 is 1.20 bits per heavy atom. The highest BCUT2D eigenvalue weighted by Crippen LogP contribution is 2.38. The first-order chi connectivity index (χ1) is 9.41. The molecule has 108 valence electrons. The number of carbonyl (C=O) groups is 1. The maximum absolute atomic E-state index is 12.4. The summed E-state index contributed by atoms with van der Waals surface area (Å²) >= 11 is 2.20. The van der Waals surface area contributed by atoms with Crippen molar-refractivity contribution in [1.29, 1.82) is 0 Å². The summed E-state index contributed by atoms with van der Waals surface area (Å²) in [6.45, 7) is 6.60. The monoisotopic (exact) mass is 387 g/mol. The van der Waals surface area contributed by atoms with Crippen molar-refractivity contribution in [3.8, 4) is 0 Å². The molecule has 3 rings (SSSR count). The average Bonchev–Trinajstić information content (AvgIpc) is 2.37. The Hall–Kier alpha value is -0.660. The first-order valence-electron chi connectivity index (χ1n) is 6.73. The number of hydrogen-bond acceptors (Lipinski definition) is 3. The molecule has 1 spiro atoms. The number of likely N-dealkylation sites (tertiary alicyclic amines) is 1. The van der Waals surface area contributed by atoms with E-state index in [9.17, 15) is 4.79 Å². The molecule has 0 unspecified atom stereocenters. The lowest BCUT2D eigenvalue weighted by atomic mass is 9.80. The van der Waals surface area contributed by atoms with Crippen molar-refractivity contribution >= 4 is 28.5 Å². The van der Waals surface area contributed by atoms with Crippen LogP contribution >= 0.6 is 22.6 Å². The minimum absolute atomic E-state index is 0.00854. The summed E-state index contributed by atoms with van der Waals surface area (Å²) in [6.07, 6.45) is 0. The van der Waals surface area contributed by atoms with E-state index in [1.807, 2.05) is 43.0 Å². The Balaban J connectivity index is 1.64. The minimum Gasteiger partial charge on any atom is -0.350 e. The minimum atomic E-state index is -0.496. The van der Waals surface area contributed by atoms with Gasteiger partial charge in [0.2, 0.25) is 0 Å². The molecule has 2 saturated heterocycles. The summed E-state index contributed by atoms with van der Waals surface area (Å²) in [4.78, 5) is 14.3. The van der Waals surface area contributed by atoms with Gasteiger partial charge in [-0.3, -0.25) is 4.79 Å². The zero-order chi connectivity index (χ0) is 14.4. The summed E-state index contributed by atoms with van der Waals surface area (Å²) in [7, 11) is 0. The van der Waals surface area contributed by atoms with Crippen LogP contribution in [0, 0.1) is 8.99 Å². The lowest BCUT2D eigenvalue weighted by Crippen LogP contribution is -2.65. The van der Waals surface area contributed by atoms with Gasteiger partial charge >= 0.3 is 0 Å². The highest BCUT2D eigenvalue weighted by atomic mass is 127. The van der Waals surface area contributed by atoms with Gasteiger partial charge in [-0.25, -0.2) is 0 Å². The van der Waals surface area contributed by atoms with Crippen LogP contribution in [0.4, 0.5) is 0 Å². The summed E-state index contributed by atoms with van der Waals surface area (Å²) in [5.74, 6) is -0.393. The molecule has 4 nitrogen and oxygen atoms in total. The molecule has 20 heavy (non-hydrogen) atoms. The molecule has 1 aromatic carbocycles. The predicted molar refractivity (Wildman–Crippen MR) is 83.5 cm³/mol. The SMILES string of the molecule is CC1(C)OCC2(CO1)CN(C(=O)c1ccccc1I)C2. The summed E-state index contributed by atoms with van der Waals surface area (Å²) in [6, 6.07) is 7.69. The normalized spacial score (nSPS) is 23.4. The van der Waals surface area contributed by atoms with Gasteiger partial charge in [-0.05, 0) is 48.6 Å². The largest absolute Gasteiger partial charge is 0.350 e. The Bertz CT molecular complexity index is 526. The van der Waals surface area contributed by atoms with Crippen LogP contribution in [-0.2, 0) is 9.47 Å². The van der Waals surface area contributed by atoms with E-state index in [1.165, 1.54) is 0 Å².